The van der Waals surface area contributed by atoms with Crippen molar-refractivity contribution in [2.45, 2.75) is 24.9 Å². The van der Waals surface area contributed by atoms with Gasteiger partial charge in [0.2, 0.25) is 0 Å². The Morgan fingerprint density at radius 3 is 3.00 bits per heavy atom. The molecule has 0 radical (unpaired) electrons. The lowest BCUT2D eigenvalue weighted by Gasteiger charge is -2.14. The Hall–Kier alpha value is -1.20. The van der Waals surface area contributed by atoms with E-state index in [0.29, 0.717) is 6.04 Å². The molecule has 1 fully saturated rings. The highest BCUT2D eigenvalue weighted by molar-refractivity contribution is 7.09. The van der Waals surface area contributed by atoms with Crippen molar-refractivity contribution in [1.29, 1.82) is 0 Å². The SMILES string of the molecule is Cn1cc(C(NC2CC2)c2nccs2)cn1. The molecule has 1 N–H and O–H groups in total. The zero-order valence-electron chi connectivity index (χ0n) is 9.13. The van der Waals surface area contributed by atoms with E-state index in [4.69, 9.17) is 0 Å². The largest absolute Gasteiger partial charge is 0.301 e. The van der Waals surface area contributed by atoms with Gasteiger partial charge in [-0.3, -0.25) is 4.68 Å². The molecule has 2 heterocycles. The van der Waals surface area contributed by atoms with E-state index in [-0.39, 0.29) is 6.04 Å². The first-order chi connectivity index (χ1) is 7.83. The molecular weight excluding hydrogens is 220 g/mol. The molecule has 0 bridgehead atoms. The molecule has 0 amide bonds. The van der Waals surface area contributed by atoms with Crippen LogP contribution in [0.15, 0.2) is 24.0 Å². The standard InChI is InChI=1S/C11H14N4S/c1-15-7-8(6-13-15)10(14-9-2-3-9)11-12-4-5-16-11/h4-7,9-10,14H,2-3H2,1H3. The maximum Gasteiger partial charge on any atom is 0.114 e. The van der Waals surface area contributed by atoms with E-state index in [1.54, 1.807) is 11.3 Å². The average molecular weight is 234 g/mol. The maximum atomic E-state index is 4.40. The van der Waals surface area contributed by atoms with Gasteiger partial charge in [0, 0.05) is 36.4 Å². The molecule has 3 rings (SSSR count). The fourth-order valence-corrected chi connectivity index (χ4v) is 2.49. The summed E-state index contributed by atoms with van der Waals surface area (Å²) in [6, 6.07) is 0.871. The van der Waals surface area contributed by atoms with E-state index in [1.165, 1.54) is 18.4 Å². The van der Waals surface area contributed by atoms with Crippen LogP contribution < -0.4 is 5.32 Å². The first-order valence-electron chi connectivity index (χ1n) is 5.47. The summed E-state index contributed by atoms with van der Waals surface area (Å²) in [5, 5.41) is 11.0. The topological polar surface area (TPSA) is 42.7 Å². The van der Waals surface area contributed by atoms with E-state index in [1.807, 2.05) is 29.5 Å². The van der Waals surface area contributed by atoms with Gasteiger partial charge in [0.25, 0.3) is 0 Å². The van der Waals surface area contributed by atoms with Crippen LogP contribution in [0.3, 0.4) is 0 Å². The number of rotatable bonds is 4. The molecule has 0 spiro atoms. The molecule has 16 heavy (non-hydrogen) atoms. The normalized spacial score (nSPS) is 17.6. The van der Waals surface area contributed by atoms with Gasteiger partial charge in [-0.15, -0.1) is 11.3 Å². The third kappa shape index (κ3) is 2.01. The van der Waals surface area contributed by atoms with E-state index >= 15 is 0 Å². The first-order valence-corrected chi connectivity index (χ1v) is 6.35. The van der Waals surface area contributed by atoms with E-state index < -0.39 is 0 Å². The molecule has 1 aliphatic rings. The van der Waals surface area contributed by atoms with Crippen molar-refractivity contribution in [2.24, 2.45) is 7.05 Å². The third-order valence-corrected chi connectivity index (χ3v) is 3.58. The van der Waals surface area contributed by atoms with Crippen LogP contribution in [0, 0.1) is 0 Å². The van der Waals surface area contributed by atoms with E-state index in [9.17, 15) is 0 Å². The summed E-state index contributed by atoms with van der Waals surface area (Å²) in [7, 11) is 1.94. The van der Waals surface area contributed by atoms with Gasteiger partial charge in [0.15, 0.2) is 0 Å². The Balaban J connectivity index is 1.88. The molecule has 84 valence electrons. The number of thiazole rings is 1. The van der Waals surface area contributed by atoms with Gasteiger partial charge in [0.05, 0.1) is 12.2 Å². The van der Waals surface area contributed by atoms with Crippen LogP contribution >= 0.6 is 11.3 Å². The number of aromatic nitrogens is 3. The zero-order chi connectivity index (χ0) is 11.0. The molecule has 1 aliphatic carbocycles. The Labute approximate surface area is 98.3 Å². The van der Waals surface area contributed by atoms with Crippen molar-refractivity contribution in [3.63, 3.8) is 0 Å². The number of nitrogens with zero attached hydrogens (tertiary/aromatic N) is 3. The highest BCUT2D eigenvalue weighted by Gasteiger charge is 2.28. The minimum Gasteiger partial charge on any atom is -0.301 e. The monoisotopic (exact) mass is 234 g/mol. The first kappa shape index (κ1) is 9.99. The summed E-state index contributed by atoms with van der Waals surface area (Å²) in [5.74, 6) is 0. The third-order valence-electron chi connectivity index (χ3n) is 2.74. The summed E-state index contributed by atoms with van der Waals surface area (Å²) >= 11 is 1.69. The summed E-state index contributed by atoms with van der Waals surface area (Å²) in [6.45, 7) is 0. The van der Waals surface area contributed by atoms with Crippen LogP contribution in [0.5, 0.6) is 0 Å². The number of nitrogens with one attached hydrogen (secondary N) is 1. The number of hydrogen-bond donors (Lipinski definition) is 1. The molecule has 1 atom stereocenters. The average Bonchev–Trinajstić information content (AvgIpc) is 2.79. The summed E-state index contributed by atoms with van der Waals surface area (Å²) in [4.78, 5) is 4.40. The quantitative estimate of drug-likeness (QED) is 0.876. The van der Waals surface area contributed by atoms with Crippen LogP contribution in [0.1, 0.15) is 29.5 Å². The minimum atomic E-state index is 0.209. The fourth-order valence-electron chi connectivity index (χ4n) is 1.76. The lowest BCUT2D eigenvalue weighted by molar-refractivity contribution is 0.597. The summed E-state index contributed by atoms with van der Waals surface area (Å²) in [6.07, 6.45) is 8.39. The Morgan fingerprint density at radius 1 is 1.56 bits per heavy atom. The molecule has 1 saturated carbocycles. The lowest BCUT2D eigenvalue weighted by atomic mass is 10.1. The molecule has 4 nitrogen and oxygen atoms in total. The minimum absolute atomic E-state index is 0.209. The van der Waals surface area contributed by atoms with Crippen LogP contribution in [0.2, 0.25) is 0 Å². The lowest BCUT2D eigenvalue weighted by Crippen LogP contribution is -2.24. The molecule has 1 unspecified atom stereocenters. The van der Waals surface area contributed by atoms with E-state index in [2.05, 4.69) is 21.6 Å². The Kier molecular flexibility index (Phi) is 2.49. The predicted octanol–water partition coefficient (Wildman–Crippen LogP) is 1.72. The highest BCUT2D eigenvalue weighted by atomic mass is 32.1. The van der Waals surface area contributed by atoms with Gasteiger partial charge in [-0.25, -0.2) is 4.98 Å². The zero-order valence-corrected chi connectivity index (χ0v) is 9.94. The van der Waals surface area contributed by atoms with Crippen molar-refractivity contribution >= 4 is 11.3 Å². The molecule has 2 aromatic rings. The Morgan fingerprint density at radius 2 is 2.44 bits per heavy atom. The van der Waals surface area contributed by atoms with Crippen molar-refractivity contribution in [3.8, 4) is 0 Å². The summed E-state index contributed by atoms with van der Waals surface area (Å²) in [5.41, 5.74) is 1.20. The summed E-state index contributed by atoms with van der Waals surface area (Å²) < 4.78 is 1.84. The second-order valence-electron chi connectivity index (χ2n) is 4.19. The fraction of sp³-hybridized carbons (Fsp3) is 0.455. The Bertz CT molecular complexity index is 458. The predicted molar refractivity (Wildman–Crippen MR) is 63.3 cm³/mol. The van der Waals surface area contributed by atoms with Crippen LogP contribution in [-0.4, -0.2) is 20.8 Å². The van der Waals surface area contributed by atoms with Crippen LogP contribution in [-0.2, 0) is 7.05 Å². The molecule has 2 aromatic heterocycles. The van der Waals surface area contributed by atoms with Crippen LogP contribution in [0.4, 0.5) is 0 Å². The van der Waals surface area contributed by atoms with Crippen molar-refractivity contribution in [2.75, 3.05) is 0 Å². The van der Waals surface area contributed by atoms with Gasteiger partial charge >= 0.3 is 0 Å². The second kappa shape index (κ2) is 3.99. The maximum absolute atomic E-state index is 4.40. The number of aryl methyl sites for hydroxylation is 1. The van der Waals surface area contributed by atoms with Crippen molar-refractivity contribution < 1.29 is 0 Å². The van der Waals surface area contributed by atoms with E-state index in [0.717, 1.165) is 5.01 Å². The molecular formula is C11H14N4S. The molecule has 5 heteroatoms. The van der Waals surface area contributed by atoms with Gasteiger partial charge < -0.3 is 5.32 Å². The van der Waals surface area contributed by atoms with Crippen molar-refractivity contribution in [1.82, 2.24) is 20.1 Å². The molecule has 0 aromatic carbocycles. The van der Waals surface area contributed by atoms with Gasteiger partial charge in [0.1, 0.15) is 5.01 Å². The van der Waals surface area contributed by atoms with Crippen LogP contribution in [0.25, 0.3) is 0 Å². The van der Waals surface area contributed by atoms with Gasteiger partial charge in [-0.1, -0.05) is 0 Å². The second-order valence-corrected chi connectivity index (χ2v) is 5.12. The highest BCUT2D eigenvalue weighted by Crippen LogP contribution is 2.29. The van der Waals surface area contributed by atoms with Gasteiger partial charge in [-0.2, -0.15) is 5.10 Å². The molecule has 0 aliphatic heterocycles. The van der Waals surface area contributed by atoms with Gasteiger partial charge in [-0.05, 0) is 12.8 Å². The van der Waals surface area contributed by atoms with Crippen molar-refractivity contribution in [3.05, 3.63) is 34.5 Å². The molecule has 0 saturated heterocycles. The number of hydrogen-bond acceptors (Lipinski definition) is 4. The smallest absolute Gasteiger partial charge is 0.114 e.